The number of piperidine rings is 1. The molecule has 178 valence electrons. The molecule has 2 aromatic carbocycles. The molecule has 2 aliphatic rings. The summed E-state index contributed by atoms with van der Waals surface area (Å²) in [6, 6.07) is 8.31. The van der Waals surface area contributed by atoms with E-state index in [1.807, 2.05) is 32.3 Å². The molecule has 2 aromatic rings. The third kappa shape index (κ3) is 5.32. The van der Waals surface area contributed by atoms with Crippen LogP contribution in [-0.2, 0) is 6.42 Å². The minimum absolute atomic E-state index is 0.0234. The highest BCUT2D eigenvalue weighted by Crippen LogP contribution is 2.42. The number of fused-ring (bicyclic) bond motifs is 1. The monoisotopic (exact) mass is 494 g/mol. The summed E-state index contributed by atoms with van der Waals surface area (Å²) in [5.74, 6) is -0.329. The van der Waals surface area contributed by atoms with Crippen molar-refractivity contribution in [3.8, 4) is 17.2 Å². The van der Waals surface area contributed by atoms with Gasteiger partial charge in [0.15, 0.2) is 0 Å². The number of carboxylic acids is 1. The number of benzene rings is 2. The SMILES string of the molecule is CN(C)C(COc1cc(O)c(Cl)cc1C(=O)O)CN1CCC2(CC1)Cc1cc(Cl)ccc1O2. The topological polar surface area (TPSA) is 82.5 Å². The predicted octanol–water partition coefficient (Wildman–Crippen LogP) is 4.18. The first kappa shape index (κ1) is 24.0. The zero-order chi connectivity index (χ0) is 23.8. The van der Waals surface area contributed by atoms with Gasteiger partial charge in [0.2, 0.25) is 0 Å². The van der Waals surface area contributed by atoms with Crippen LogP contribution >= 0.6 is 23.2 Å². The molecular formula is C24H28Cl2N2O5. The molecule has 2 aliphatic heterocycles. The minimum atomic E-state index is -1.16. The summed E-state index contributed by atoms with van der Waals surface area (Å²) in [5.41, 5.74) is 0.939. The molecule has 2 N–H and O–H groups in total. The van der Waals surface area contributed by atoms with E-state index in [1.165, 1.54) is 17.7 Å². The van der Waals surface area contributed by atoms with Crippen LogP contribution in [0, 0.1) is 0 Å². The summed E-state index contributed by atoms with van der Waals surface area (Å²) in [6.07, 6.45) is 2.73. The normalized spacial score (nSPS) is 18.2. The van der Waals surface area contributed by atoms with Crippen LogP contribution in [0.25, 0.3) is 0 Å². The average Bonchev–Trinajstić information content (AvgIpc) is 3.11. The lowest BCUT2D eigenvalue weighted by molar-refractivity contribution is 0.00978. The van der Waals surface area contributed by atoms with Gasteiger partial charge in [-0.25, -0.2) is 4.79 Å². The first-order valence-electron chi connectivity index (χ1n) is 10.9. The van der Waals surface area contributed by atoms with Crippen molar-refractivity contribution in [1.29, 1.82) is 0 Å². The number of rotatable bonds is 7. The lowest BCUT2D eigenvalue weighted by atomic mass is 9.87. The number of phenols is 1. The summed E-state index contributed by atoms with van der Waals surface area (Å²) < 4.78 is 12.2. The largest absolute Gasteiger partial charge is 0.506 e. The second-order valence-corrected chi connectivity index (χ2v) is 9.89. The Morgan fingerprint density at radius 1 is 1.24 bits per heavy atom. The van der Waals surface area contributed by atoms with Gasteiger partial charge in [-0.15, -0.1) is 0 Å². The molecule has 0 amide bonds. The fourth-order valence-corrected chi connectivity index (χ4v) is 4.86. The second-order valence-electron chi connectivity index (χ2n) is 9.05. The third-order valence-electron chi connectivity index (χ3n) is 6.54. The van der Waals surface area contributed by atoms with Gasteiger partial charge in [0.25, 0.3) is 0 Å². The molecule has 33 heavy (non-hydrogen) atoms. The highest BCUT2D eigenvalue weighted by molar-refractivity contribution is 6.32. The number of aromatic hydroxyl groups is 1. The summed E-state index contributed by atoms with van der Waals surface area (Å²) in [6.45, 7) is 2.84. The van der Waals surface area contributed by atoms with Gasteiger partial charge in [-0.3, -0.25) is 0 Å². The molecule has 0 bridgehead atoms. The van der Waals surface area contributed by atoms with E-state index in [-0.39, 0.29) is 40.3 Å². The highest BCUT2D eigenvalue weighted by Gasteiger charge is 2.42. The van der Waals surface area contributed by atoms with Crippen LogP contribution in [0.15, 0.2) is 30.3 Å². The number of hydrogen-bond donors (Lipinski definition) is 2. The Kier molecular flexibility index (Phi) is 6.96. The zero-order valence-electron chi connectivity index (χ0n) is 18.7. The van der Waals surface area contributed by atoms with Gasteiger partial charge < -0.3 is 29.5 Å². The van der Waals surface area contributed by atoms with Crippen molar-refractivity contribution in [1.82, 2.24) is 9.80 Å². The number of carboxylic acid groups (broad SMARTS) is 1. The van der Waals surface area contributed by atoms with E-state index in [0.717, 1.165) is 49.7 Å². The van der Waals surface area contributed by atoms with Crippen LogP contribution in [0.5, 0.6) is 17.2 Å². The number of likely N-dealkylation sites (tertiary alicyclic amines) is 1. The van der Waals surface area contributed by atoms with Gasteiger partial charge in [0, 0.05) is 50.0 Å². The molecule has 0 aromatic heterocycles. The van der Waals surface area contributed by atoms with Crippen molar-refractivity contribution in [2.24, 2.45) is 0 Å². The quantitative estimate of drug-likeness (QED) is 0.597. The zero-order valence-corrected chi connectivity index (χ0v) is 20.2. The molecule has 1 unspecified atom stereocenters. The number of carbonyl (C=O) groups is 1. The molecule has 1 fully saturated rings. The van der Waals surface area contributed by atoms with E-state index in [4.69, 9.17) is 32.7 Å². The number of halogens is 2. The summed E-state index contributed by atoms with van der Waals surface area (Å²) >= 11 is 12.0. The molecular weight excluding hydrogens is 467 g/mol. The van der Waals surface area contributed by atoms with E-state index in [2.05, 4.69) is 9.80 Å². The van der Waals surface area contributed by atoms with Crippen molar-refractivity contribution in [2.75, 3.05) is 40.3 Å². The number of aromatic carboxylic acids is 1. The Morgan fingerprint density at radius 2 is 1.97 bits per heavy atom. The number of nitrogens with zero attached hydrogens (tertiary/aromatic N) is 2. The fraction of sp³-hybridized carbons (Fsp3) is 0.458. The van der Waals surface area contributed by atoms with Crippen molar-refractivity contribution in [2.45, 2.75) is 30.9 Å². The van der Waals surface area contributed by atoms with Crippen LogP contribution in [0.1, 0.15) is 28.8 Å². The van der Waals surface area contributed by atoms with Crippen molar-refractivity contribution in [3.05, 3.63) is 51.5 Å². The fourth-order valence-electron chi connectivity index (χ4n) is 4.50. The predicted molar refractivity (Wildman–Crippen MR) is 127 cm³/mol. The van der Waals surface area contributed by atoms with Gasteiger partial charge >= 0.3 is 5.97 Å². The number of phenolic OH excluding ortho intramolecular Hbond substituents is 1. The Morgan fingerprint density at radius 3 is 2.64 bits per heavy atom. The summed E-state index contributed by atoms with van der Waals surface area (Å²) in [5, 5.41) is 20.0. The molecule has 1 saturated heterocycles. The summed E-state index contributed by atoms with van der Waals surface area (Å²) in [7, 11) is 3.94. The highest BCUT2D eigenvalue weighted by atomic mass is 35.5. The van der Waals surface area contributed by atoms with Crippen molar-refractivity contribution < 1.29 is 24.5 Å². The number of hydrogen-bond acceptors (Lipinski definition) is 6. The molecule has 9 heteroatoms. The second kappa shape index (κ2) is 9.58. The van der Waals surface area contributed by atoms with Crippen LogP contribution < -0.4 is 9.47 Å². The maximum absolute atomic E-state index is 11.5. The van der Waals surface area contributed by atoms with Gasteiger partial charge in [-0.05, 0) is 43.9 Å². The standard InChI is InChI=1S/C24H28Cl2N2O5/c1-27(2)17(14-32-22-11-20(29)19(26)10-18(22)23(30)31)13-28-7-5-24(6-8-28)12-15-9-16(25)3-4-21(15)33-24/h3-4,9-11,17,29H,5-8,12-14H2,1-2H3,(H,30,31). The molecule has 4 rings (SSSR count). The maximum Gasteiger partial charge on any atom is 0.339 e. The van der Waals surface area contributed by atoms with Crippen LogP contribution in [0.2, 0.25) is 10.0 Å². The van der Waals surface area contributed by atoms with Crippen molar-refractivity contribution in [3.63, 3.8) is 0 Å². The first-order valence-corrected chi connectivity index (χ1v) is 11.7. The van der Waals surface area contributed by atoms with Crippen LogP contribution in [-0.4, -0.2) is 78.0 Å². The third-order valence-corrected chi connectivity index (χ3v) is 7.08. The van der Waals surface area contributed by atoms with E-state index < -0.39 is 5.97 Å². The molecule has 1 spiro atoms. The van der Waals surface area contributed by atoms with Gasteiger partial charge in [-0.2, -0.15) is 0 Å². The maximum atomic E-state index is 11.5. The van der Waals surface area contributed by atoms with Gasteiger partial charge in [0.1, 0.15) is 35.0 Å². The molecule has 2 heterocycles. The first-order chi connectivity index (χ1) is 15.7. The molecule has 0 radical (unpaired) electrons. The number of likely N-dealkylation sites (N-methyl/N-ethyl adjacent to an activating group) is 1. The molecule has 0 saturated carbocycles. The lowest BCUT2D eigenvalue weighted by Crippen LogP contribution is -2.51. The average molecular weight is 495 g/mol. The lowest BCUT2D eigenvalue weighted by Gasteiger charge is -2.40. The van der Waals surface area contributed by atoms with E-state index in [0.29, 0.717) is 0 Å². The molecule has 7 nitrogen and oxygen atoms in total. The van der Waals surface area contributed by atoms with Crippen LogP contribution in [0.4, 0.5) is 0 Å². The summed E-state index contributed by atoms with van der Waals surface area (Å²) in [4.78, 5) is 16.0. The Labute approximate surface area is 203 Å². The Balaban J connectivity index is 1.36. The smallest absolute Gasteiger partial charge is 0.339 e. The van der Waals surface area contributed by atoms with E-state index >= 15 is 0 Å². The van der Waals surface area contributed by atoms with E-state index in [1.54, 1.807) is 0 Å². The van der Waals surface area contributed by atoms with Crippen LogP contribution in [0.3, 0.4) is 0 Å². The van der Waals surface area contributed by atoms with Gasteiger partial charge in [0.05, 0.1) is 11.1 Å². The number of ether oxygens (including phenoxy) is 2. The Hall–Kier alpha value is -2.19. The Bertz CT molecular complexity index is 1040. The van der Waals surface area contributed by atoms with E-state index in [9.17, 15) is 15.0 Å². The minimum Gasteiger partial charge on any atom is -0.506 e. The van der Waals surface area contributed by atoms with Crippen molar-refractivity contribution >= 4 is 29.2 Å². The molecule has 0 aliphatic carbocycles. The van der Waals surface area contributed by atoms with Gasteiger partial charge in [-0.1, -0.05) is 23.2 Å². The molecule has 1 atom stereocenters.